The molecule has 2 heterocycles. The van der Waals surface area contributed by atoms with Gasteiger partial charge in [-0.25, -0.2) is 0 Å². The molecule has 0 bridgehead atoms. The number of primary amides is 1. The average Bonchev–Trinajstić information content (AvgIpc) is 3.04. The maximum Gasteiger partial charge on any atom is 0.248 e. The quantitative estimate of drug-likeness (QED) is 0.848. The molecule has 0 aromatic heterocycles. The van der Waals surface area contributed by atoms with Crippen LogP contribution in [0.3, 0.4) is 0 Å². The molecule has 1 aromatic rings. The number of carbonyl (C=O) groups is 2. The van der Waals surface area contributed by atoms with E-state index in [9.17, 15) is 9.59 Å². The van der Waals surface area contributed by atoms with Crippen LogP contribution in [0.2, 0.25) is 0 Å². The summed E-state index contributed by atoms with van der Waals surface area (Å²) in [5.74, 6) is 0.218. The normalized spacial score (nSPS) is 19.4. The molecule has 6 nitrogen and oxygen atoms in total. The van der Waals surface area contributed by atoms with E-state index in [1.807, 2.05) is 4.90 Å². The Bertz CT molecular complexity index is 601. The van der Waals surface area contributed by atoms with Crippen molar-refractivity contribution in [2.45, 2.75) is 25.7 Å². The van der Waals surface area contributed by atoms with Gasteiger partial charge in [0.2, 0.25) is 11.8 Å². The fourth-order valence-electron chi connectivity index (χ4n) is 3.61. The lowest BCUT2D eigenvalue weighted by Gasteiger charge is -2.38. The highest BCUT2D eigenvalue weighted by molar-refractivity contribution is 5.93. The molecule has 0 aliphatic carbocycles. The summed E-state index contributed by atoms with van der Waals surface area (Å²) in [7, 11) is 0. The Balaban J connectivity index is 1.43. The number of nitrogens with one attached hydrogen (secondary N) is 1. The number of amides is 2. The first-order valence-corrected chi connectivity index (χ1v) is 8.59. The minimum Gasteiger partial charge on any atom is -0.493 e. The van der Waals surface area contributed by atoms with E-state index in [4.69, 9.17) is 10.5 Å². The van der Waals surface area contributed by atoms with Gasteiger partial charge in [-0.2, -0.15) is 0 Å². The van der Waals surface area contributed by atoms with E-state index in [0.29, 0.717) is 29.8 Å². The monoisotopic (exact) mass is 331 g/mol. The van der Waals surface area contributed by atoms with Gasteiger partial charge in [-0.1, -0.05) is 6.07 Å². The van der Waals surface area contributed by atoms with Crippen LogP contribution in [0.15, 0.2) is 24.3 Å². The Labute approximate surface area is 142 Å². The molecule has 0 radical (unpaired) electrons. The molecule has 1 spiro atoms. The number of hydrogen-bond acceptors (Lipinski definition) is 4. The van der Waals surface area contributed by atoms with Crippen molar-refractivity contribution >= 4 is 11.8 Å². The van der Waals surface area contributed by atoms with Gasteiger partial charge in [-0.05, 0) is 49.4 Å². The molecule has 2 aliphatic heterocycles. The lowest BCUT2D eigenvalue weighted by Crippen LogP contribution is -2.44. The van der Waals surface area contributed by atoms with Crippen molar-refractivity contribution in [1.29, 1.82) is 0 Å². The maximum absolute atomic E-state index is 12.3. The van der Waals surface area contributed by atoms with E-state index in [-0.39, 0.29) is 5.91 Å². The van der Waals surface area contributed by atoms with E-state index >= 15 is 0 Å². The zero-order chi connectivity index (χ0) is 17.0. The molecule has 0 atom stereocenters. The number of likely N-dealkylation sites (tertiary alicyclic amines) is 1. The number of hydrogen-bond donors (Lipinski definition) is 2. The molecular weight excluding hydrogens is 306 g/mol. The second kappa shape index (κ2) is 7.21. The van der Waals surface area contributed by atoms with Crippen LogP contribution >= 0.6 is 0 Å². The maximum atomic E-state index is 12.3. The first-order chi connectivity index (χ1) is 11.6. The summed E-state index contributed by atoms with van der Waals surface area (Å²) in [6, 6.07) is 6.72. The topological polar surface area (TPSA) is 84.7 Å². The first-order valence-electron chi connectivity index (χ1n) is 8.59. The minimum absolute atomic E-state index is 0.141. The van der Waals surface area contributed by atoms with Crippen molar-refractivity contribution < 1.29 is 14.3 Å². The Hall–Kier alpha value is -2.08. The highest BCUT2D eigenvalue weighted by Gasteiger charge is 2.37. The van der Waals surface area contributed by atoms with Gasteiger partial charge in [0.15, 0.2) is 0 Å². The van der Waals surface area contributed by atoms with Gasteiger partial charge < -0.3 is 20.7 Å². The van der Waals surface area contributed by atoms with E-state index in [1.165, 1.54) is 6.42 Å². The predicted molar refractivity (Wildman–Crippen MR) is 90.8 cm³/mol. The van der Waals surface area contributed by atoms with E-state index in [1.54, 1.807) is 24.3 Å². The van der Waals surface area contributed by atoms with Crippen LogP contribution in [0.4, 0.5) is 0 Å². The number of ether oxygens (including phenoxy) is 1. The highest BCUT2D eigenvalue weighted by Crippen LogP contribution is 2.36. The van der Waals surface area contributed by atoms with Gasteiger partial charge in [0.25, 0.3) is 0 Å². The SMILES string of the molecule is NC(=O)c1cccc(OCCC(=O)N2CCC3(CCNC3)CC2)c1. The van der Waals surface area contributed by atoms with Crippen molar-refractivity contribution in [3.63, 3.8) is 0 Å². The average molecular weight is 331 g/mol. The fourth-order valence-corrected chi connectivity index (χ4v) is 3.61. The number of carbonyl (C=O) groups excluding carboxylic acids is 2. The molecule has 0 unspecified atom stereocenters. The molecule has 6 heteroatoms. The molecule has 3 rings (SSSR count). The van der Waals surface area contributed by atoms with Crippen LogP contribution in [0.1, 0.15) is 36.0 Å². The Morgan fingerprint density at radius 3 is 2.71 bits per heavy atom. The largest absolute Gasteiger partial charge is 0.493 e. The Kier molecular flexibility index (Phi) is 5.04. The third-order valence-corrected chi connectivity index (χ3v) is 5.21. The first kappa shape index (κ1) is 16.8. The van der Waals surface area contributed by atoms with Crippen LogP contribution in [-0.4, -0.2) is 49.5 Å². The minimum atomic E-state index is -0.486. The van der Waals surface area contributed by atoms with Crippen LogP contribution < -0.4 is 15.8 Å². The number of nitrogens with two attached hydrogens (primary N) is 1. The Morgan fingerprint density at radius 2 is 2.04 bits per heavy atom. The Morgan fingerprint density at radius 1 is 1.25 bits per heavy atom. The zero-order valence-electron chi connectivity index (χ0n) is 13.9. The molecule has 24 heavy (non-hydrogen) atoms. The molecule has 0 saturated carbocycles. The molecule has 2 fully saturated rings. The second-order valence-electron chi connectivity index (χ2n) is 6.80. The van der Waals surface area contributed by atoms with E-state index in [2.05, 4.69) is 5.32 Å². The summed E-state index contributed by atoms with van der Waals surface area (Å²) in [6.45, 7) is 4.19. The number of piperidine rings is 1. The van der Waals surface area contributed by atoms with Crippen molar-refractivity contribution in [3.05, 3.63) is 29.8 Å². The fraction of sp³-hybridized carbons (Fsp3) is 0.556. The summed E-state index contributed by atoms with van der Waals surface area (Å²) < 4.78 is 5.59. The third kappa shape index (κ3) is 3.87. The second-order valence-corrected chi connectivity index (χ2v) is 6.80. The lowest BCUT2D eigenvalue weighted by molar-refractivity contribution is -0.133. The molecular formula is C18H25N3O3. The lowest BCUT2D eigenvalue weighted by atomic mass is 9.78. The van der Waals surface area contributed by atoms with Crippen LogP contribution in [0.5, 0.6) is 5.75 Å². The summed E-state index contributed by atoms with van der Waals surface area (Å²) in [5, 5.41) is 3.44. The van der Waals surface area contributed by atoms with Crippen LogP contribution in [0.25, 0.3) is 0 Å². The molecule has 2 aliphatic rings. The summed E-state index contributed by atoms with van der Waals surface area (Å²) in [6.07, 6.45) is 3.76. The van der Waals surface area contributed by atoms with Crippen molar-refractivity contribution in [1.82, 2.24) is 10.2 Å². The van der Waals surface area contributed by atoms with Gasteiger partial charge in [0.05, 0.1) is 13.0 Å². The van der Waals surface area contributed by atoms with Gasteiger partial charge in [0, 0.05) is 25.2 Å². The van der Waals surface area contributed by atoms with Gasteiger partial charge in [-0.15, -0.1) is 0 Å². The van der Waals surface area contributed by atoms with Gasteiger partial charge >= 0.3 is 0 Å². The molecule has 130 valence electrons. The number of benzene rings is 1. The summed E-state index contributed by atoms with van der Waals surface area (Å²) >= 11 is 0. The number of rotatable bonds is 5. The van der Waals surface area contributed by atoms with Gasteiger partial charge in [0.1, 0.15) is 5.75 Å². The number of nitrogens with zero attached hydrogens (tertiary/aromatic N) is 1. The highest BCUT2D eigenvalue weighted by atomic mass is 16.5. The summed E-state index contributed by atoms with van der Waals surface area (Å²) in [5.41, 5.74) is 6.07. The van der Waals surface area contributed by atoms with Crippen molar-refractivity contribution in [2.75, 3.05) is 32.8 Å². The van der Waals surface area contributed by atoms with Crippen LogP contribution in [0, 0.1) is 5.41 Å². The van der Waals surface area contributed by atoms with E-state index < -0.39 is 5.91 Å². The van der Waals surface area contributed by atoms with Crippen molar-refractivity contribution in [3.8, 4) is 5.75 Å². The molecule has 3 N–H and O–H groups in total. The smallest absolute Gasteiger partial charge is 0.248 e. The zero-order valence-corrected chi connectivity index (χ0v) is 13.9. The van der Waals surface area contributed by atoms with Crippen molar-refractivity contribution in [2.24, 2.45) is 11.1 Å². The molecule has 2 amide bonds. The molecule has 1 aromatic carbocycles. The third-order valence-electron chi connectivity index (χ3n) is 5.21. The standard InChI is InChI=1S/C18H25N3O3/c19-17(23)14-2-1-3-15(12-14)24-11-4-16(22)21-9-6-18(7-10-21)5-8-20-13-18/h1-3,12,20H,4-11,13H2,(H2,19,23). The van der Waals surface area contributed by atoms with E-state index in [0.717, 1.165) is 39.0 Å². The van der Waals surface area contributed by atoms with Gasteiger partial charge in [-0.3, -0.25) is 9.59 Å². The molecule has 2 saturated heterocycles. The predicted octanol–water partition coefficient (Wildman–Crippen LogP) is 1.16. The summed E-state index contributed by atoms with van der Waals surface area (Å²) in [4.78, 5) is 25.4. The van der Waals surface area contributed by atoms with Crippen LogP contribution in [-0.2, 0) is 4.79 Å².